The number of aliphatic hydroxyl groups is 1. The average molecular weight is 294 g/mol. The molecule has 0 atom stereocenters. The zero-order valence-electron chi connectivity index (χ0n) is 12.1. The summed E-state index contributed by atoms with van der Waals surface area (Å²) < 4.78 is 5.45. The molecule has 0 aliphatic heterocycles. The van der Waals surface area contributed by atoms with E-state index in [1.165, 1.54) is 0 Å². The second kappa shape index (κ2) is 7.54. The van der Waals surface area contributed by atoms with Gasteiger partial charge in [0, 0.05) is 12.0 Å². The molecule has 0 spiro atoms. The van der Waals surface area contributed by atoms with Crippen LogP contribution in [0.4, 0.5) is 0 Å². The standard InChI is InChI=1S/C16H22O5/c17-15(16(18)9-2-1-3-10-16)13-5-7-14(8-6-13)20-11-4-12-21-19/h5-8,18-19H,1-4,9-12H2. The zero-order valence-corrected chi connectivity index (χ0v) is 12.1. The van der Waals surface area contributed by atoms with Gasteiger partial charge in [-0.25, -0.2) is 4.89 Å². The lowest BCUT2D eigenvalue weighted by atomic mass is 9.79. The van der Waals surface area contributed by atoms with Crippen molar-refractivity contribution in [1.82, 2.24) is 0 Å². The lowest BCUT2D eigenvalue weighted by molar-refractivity contribution is -0.243. The molecule has 0 unspecified atom stereocenters. The Labute approximate surface area is 124 Å². The number of carbonyl (C=O) groups is 1. The van der Waals surface area contributed by atoms with Gasteiger partial charge in [0.25, 0.3) is 0 Å². The first-order valence-electron chi connectivity index (χ1n) is 7.42. The van der Waals surface area contributed by atoms with Crippen molar-refractivity contribution in [2.45, 2.75) is 44.1 Å². The molecule has 5 nitrogen and oxygen atoms in total. The minimum atomic E-state index is -1.20. The highest BCUT2D eigenvalue weighted by molar-refractivity contribution is 6.02. The number of Topliss-reactive ketones (excluding diaryl/α,β-unsaturated/α-hetero) is 1. The number of ether oxygens (including phenoxy) is 1. The van der Waals surface area contributed by atoms with Gasteiger partial charge in [0.05, 0.1) is 13.2 Å². The van der Waals surface area contributed by atoms with Crippen LogP contribution in [0.3, 0.4) is 0 Å². The van der Waals surface area contributed by atoms with Crippen LogP contribution < -0.4 is 4.74 Å². The maximum atomic E-state index is 12.4. The van der Waals surface area contributed by atoms with Crippen molar-refractivity contribution in [1.29, 1.82) is 0 Å². The van der Waals surface area contributed by atoms with E-state index in [2.05, 4.69) is 4.89 Å². The molecule has 0 saturated heterocycles. The summed E-state index contributed by atoms with van der Waals surface area (Å²) in [6.45, 7) is 0.654. The largest absolute Gasteiger partial charge is 0.494 e. The van der Waals surface area contributed by atoms with E-state index < -0.39 is 5.60 Å². The maximum absolute atomic E-state index is 12.4. The summed E-state index contributed by atoms with van der Waals surface area (Å²) in [5.74, 6) is 0.461. The van der Waals surface area contributed by atoms with Gasteiger partial charge in [-0.05, 0) is 37.1 Å². The molecule has 1 aromatic carbocycles. The molecular formula is C16H22O5. The van der Waals surface area contributed by atoms with Crippen molar-refractivity contribution < 1.29 is 24.8 Å². The molecule has 1 fully saturated rings. The summed E-state index contributed by atoms with van der Waals surface area (Å²) in [6, 6.07) is 6.82. The Morgan fingerprint density at radius 3 is 2.38 bits per heavy atom. The van der Waals surface area contributed by atoms with Crippen molar-refractivity contribution in [3.63, 3.8) is 0 Å². The molecule has 1 saturated carbocycles. The normalized spacial score (nSPS) is 17.4. The molecule has 0 aromatic heterocycles. The summed E-state index contributed by atoms with van der Waals surface area (Å²) in [4.78, 5) is 16.4. The van der Waals surface area contributed by atoms with Crippen LogP contribution in [0.5, 0.6) is 5.75 Å². The quantitative estimate of drug-likeness (QED) is 0.350. The predicted octanol–water partition coefficient (Wildman–Crippen LogP) is 2.82. The molecule has 0 heterocycles. The number of rotatable bonds is 7. The number of hydrogen-bond acceptors (Lipinski definition) is 5. The molecule has 21 heavy (non-hydrogen) atoms. The predicted molar refractivity (Wildman–Crippen MR) is 77.5 cm³/mol. The molecule has 5 heteroatoms. The van der Waals surface area contributed by atoms with E-state index in [0.29, 0.717) is 37.2 Å². The van der Waals surface area contributed by atoms with Crippen molar-refractivity contribution in [3.8, 4) is 5.75 Å². The molecule has 0 amide bonds. The van der Waals surface area contributed by atoms with E-state index in [9.17, 15) is 9.90 Å². The molecule has 0 bridgehead atoms. The van der Waals surface area contributed by atoms with Gasteiger partial charge in [0.1, 0.15) is 11.4 Å². The SMILES string of the molecule is O=C(c1ccc(OCCCOO)cc1)C1(O)CCCCC1. The number of ketones is 1. The molecule has 1 aliphatic rings. The van der Waals surface area contributed by atoms with Crippen LogP contribution >= 0.6 is 0 Å². The van der Waals surface area contributed by atoms with Crippen LogP contribution in [-0.2, 0) is 4.89 Å². The van der Waals surface area contributed by atoms with Crippen molar-refractivity contribution in [3.05, 3.63) is 29.8 Å². The second-order valence-corrected chi connectivity index (χ2v) is 5.48. The first-order valence-corrected chi connectivity index (χ1v) is 7.42. The van der Waals surface area contributed by atoms with Gasteiger partial charge in [-0.3, -0.25) is 10.1 Å². The smallest absolute Gasteiger partial charge is 0.194 e. The number of carbonyl (C=O) groups excluding carboxylic acids is 1. The average Bonchev–Trinajstić information content (AvgIpc) is 2.52. The Hall–Kier alpha value is -1.43. The van der Waals surface area contributed by atoms with Gasteiger partial charge >= 0.3 is 0 Å². The Kier molecular flexibility index (Phi) is 5.73. The fourth-order valence-electron chi connectivity index (χ4n) is 2.65. The third-order valence-corrected chi connectivity index (χ3v) is 3.87. The fourth-order valence-corrected chi connectivity index (χ4v) is 2.65. The highest BCUT2D eigenvalue weighted by Gasteiger charge is 2.37. The molecule has 116 valence electrons. The Balaban J connectivity index is 1.93. The number of hydrogen-bond donors (Lipinski definition) is 2. The minimum Gasteiger partial charge on any atom is -0.494 e. The van der Waals surface area contributed by atoms with Crippen LogP contribution in [0.2, 0.25) is 0 Å². The monoisotopic (exact) mass is 294 g/mol. The van der Waals surface area contributed by atoms with Gasteiger partial charge in [0.2, 0.25) is 0 Å². The van der Waals surface area contributed by atoms with Crippen LogP contribution in [0.25, 0.3) is 0 Å². The molecule has 2 rings (SSSR count). The lowest BCUT2D eigenvalue weighted by Gasteiger charge is -2.30. The third kappa shape index (κ3) is 4.27. The van der Waals surface area contributed by atoms with Crippen molar-refractivity contribution in [2.75, 3.05) is 13.2 Å². The topological polar surface area (TPSA) is 76.0 Å². The summed E-state index contributed by atoms with van der Waals surface area (Å²) in [6.07, 6.45) is 4.56. The van der Waals surface area contributed by atoms with E-state index in [4.69, 9.17) is 9.99 Å². The van der Waals surface area contributed by atoms with Gasteiger partial charge in [0.15, 0.2) is 5.78 Å². The van der Waals surface area contributed by atoms with Crippen LogP contribution in [0.15, 0.2) is 24.3 Å². The zero-order chi connectivity index (χ0) is 15.1. The van der Waals surface area contributed by atoms with Crippen LogP contribution in [-0.4, -0.2) is 35.0 Å². The fraction of sp³-hybridized carbons (Fsp3) is 0.562. The highest BCUT2D eigenvalue weighted by atomic mass is 17.1. The van der Waals surface area contributed by atoms with Gasteiger partial charge in [-0.2, -0.15) is 0 Å². The Morgan fingerprint density at radius 2 is 1.76 bits per heavy atom. The summed E-state index contributed by atoms with van der Waals surface area (Å²) in [7, 11) is 0. The van der Waals surface area contributed by atoms with Gasteiger partial charge < -0.3 is 9.84 Å². The Bertz CT molecular complexity index is 448. The third-order valence-electron chi connectivity index (χ3n) is 3.87. The van der Waals surface area contributed by atoms with Gasteiger partial charge in [-0.1, -0.05) is 19.3 Å². The lowest BCUT2D eigenvalue weighted by Crippen LogP contribution is -2.40. The van der Waals surface area contributed by atoms with Crippen molar-refractivity contribution >= 4 is 5.78 Å². The first-order chi connectivity index (χ1) is 10.2. The molecule has 1 aliphatic carbocycles. The Morgan fingerprint density at radius 1 is 1.10 bits per heavy atom. The van der Waals surface area contributed by atoms with E-state index in [1.54, 1.807) is 24.3 Å². The molecular weight excluding hydrogens is 272 g/mol. The van der Waals surface area contributed by atoms with E-state index >= 15 is 0 Å². The van der Waals surface area contributed by atoms with Crippen LogP contribution in [0, 0.1) is 0 Å². The molecule has 2 N–H and O–H groups in total. The first kappa shape index (κ1) is 15.9. The minimum absolute atomic E-state index is 0.192. The van der Waals surface area contributed by atoms with E-state index in [-0.39, 0.29) is 12.4 Å². The second-order valence-electron chi connectivity index (χ2n) is 5.48. The maximum Gasteiger partial charge on any atom is 0.194 e. The molecule has 1 aromatic rings. The highest BCUT2D eigenvalue weighted by Crippen LogP contribution is 2.31. The summed E-state index contributed by atoms with van der Waals surface area (Å²) >= 11 is 0. The van der Waals surface area contributed by atoms with Crippen LogP contribution in [0.1, 0.15) is 48.9 Å². The van der Waals surface area contributed by atoms with E-state index in [1.807, 2.05) is 0 Å². The molecule has 0 radical (unpaired) electrons. The van der Waals surface area contributed by atoms with Crippen molar-refractivity contribution in [2.24, 2.45) is 0 Å². The summed E-state index contributed by atoms with van der Waals surface area (Å²) in [5, 5.41) is 18.6. The summed E-state index contributed by atoms with van der Waals surface area (Å²) in [5.41, 5.74) is -0.676. The van der Waals surface area contributed by atoms with E-state index in [0.717, 1.165) is 19.3 Å². The van der Waals surface area contributed by atoms with Gasteiger partial charge in [-0.15, -0.1) is 0 Å². The number of benzene rings is 1.